The summed E-state index contributed by atoms with van der Waals surface area (Å²) in [5.74, 6) is -1.01. The van der Waals surface area contributed by atoms with Gasteiger partial charge in [0.2, 0.25) is 0 Å². The number of nitrogens with zero attached hydrogens (tertiary/aromatic N) is 1. The maximum Gasteiger partial charge on any atom is 0.573 e. The minimum Gasteiger partial charge on any atom is -0.405 e. The lowest BCUT2D eigenvalue weighted by atomic mass is 10.2. The van der Waals surface area contributed by atoms with Crippen LogP contribution >= 0.6 is 11.6 Å². The van der Waals surface area contributed by atoms with Crippen molar-refractivity contribution in [1.29, 1.82) is 0 Å². The summed E-state index contributed by atoms with van der Waals surface area (Å²) in [4.78, 5) is 20.2. The summed E-state index contributed by atoms with van der Waals surface area (Å²) in [6.45, 7) is 0. The third-order valence-electron chi connectivity index (χ3n) is 1.61. The van der Waals surface area contributed by atoms with Crippen LogP contribution < -0.4 is 4.74 Å². The molecule has 9 heteroatoms. The lowest BCUT2D eigenvalue weighted by Crippen LogP contribution is -2.18. The van der Waals surface area contributed by atoms with Gasteiger partial charge >= 0.3 is 6.36 Å². The van der Waals surface area contributed by atoms with Crippen LogP contribution in [-0.2, 0) is 0 Å². The normalized spacial score (nSPS) is 11.1. The number of hydrogen-bond donors (Lipinski definition) is 0. The molecule has 92 valence electrons. The Labute approximate surface area is 96.9 Å². The first-order valence-corrected chi connectivity index (χ1v) is 4.32. The van der Waals surface area contributed by atoms with Gasteiger partial charge in [-0.1, -0.05) is 0 Å². The van der Waals surface area contributed by atoms with Crippen LogP contribution in [0.15, 0.2) is 18.2 Å². The second kappa shape index (κ2) is 4.58. The van der Waals surface area contributed by atoms with Crippen LogP contribution in [0, 0.1) is 10.1 Å². The van der Waals surface area contributed by atoms with E-state index in [1.54, 1.807) is 0 Å². The lowest BCUT2D eigenvalue weighted by Gasteiger charge is -2.10. The Bertz CT molecular complexity index is 474. The van der Waals surface area contributed by atoms with Gasteiger partial charge in [0.1, 0.15) is 5.75 Å². The Morgan fingerprint density at radius 2 is 2.00 bits per heavy atom. The molecule has 0 radical (unpaired) electrons. The molecular weight excluding hydrogens is 267 g/mol. The van der Waals surface area contributed by atoms with Gasteiger partial charge in [0.15, 0.2) is 0 Å². The van der Waals surface area contributed by atoms with E-state index in [1.807, 2.05) is 0 Å². The molecule has 0 aliphatic rings. The average molecular weight is 270 g/mol. The molecule has 1 aromatic carbocycles. The number of alkyl halides is 3. The molecule has 17 heavy (non-hydrogen) atoms. The van der Waals surface area contributed by atoms with Gasteiger partial charge in [0.05, 0.1) is 16.6 Å². The van der Waals surface area contributed by atoms with Gasteiger partial charge < -0.3 is 4.74 Å². The smallest absolute Gasteiger partial charge is 0.405 e. The van der Waals surface area contributed by atoms with E-state index in [0.29, 0.717) is 6.07 Å². The molecule has 0 aromatic heterocycles. The monoisotopic (exact) mass is 269 g/mol. The average Bonchev–Trinajstić information content (AvgIpc) is 2.14. The van der Waals surface area contributed by atoms with E-state index in [-0.39, 0.29) is 0 Å². The van der Waals surface area contributed by atoms with E-state index in [9.17, 15) is 28.1 Å². The van der Waals surface area contributed by atoms with Crippen LogP contribution in [-0.4, -0.2) is 16.5 Å². The first-order chi connectivity index (χ1) is 7.70. The summed E-state index contributed by atoms with van der Waals surface area (Å²) in [6.07, 6.45) is -5.07. The molecule has 1 rings (SSSR count). The Kier molecular flexibility index (Phi) is 3.56. The first-order valence-electron chi connectivity index (χ1n) is 3.95. The molecule has 0 heterocycles. The second-order valence-corrected chi connectivity index (χ2v) is 3.10. The maximum atomic E-state index is 12.0. The number of non-ortho nitro benzene ring substituents is 1. The second-order valence-electron chi connectivity index (χ2n) is 2.76. The molecule has 0 unspecified atom stereocenters. The molecule has 0 saturated carbocycles. The van der Waals surface area contributed by atoms with Gasteiger partial charge in [-0.3, -0.25) is 14.9 Å². The molecule has 0 aliphatic carbocycles. The van der Waals surface area contributed by atoms with Gasteiger partial charge in [-0.25, -0.2) is 0 Å². The number of carbonyl (C=O) groups is 1. The fraction of sp³-hybridized carbons (Fsp3) is 0.125. The Hall–Kier alpha value is -1.83. The molecule has 0 N–H and O–H groups in total. The Morgan fingerprint density at radius 1 is 1.41 bits per heavy atom. The van der Waals surface area contributed by atoms with E-state index in [0.717, 1.165) is 12.1 Å². The molecule has 0 atom stereocenters. The molecule has 0 saturated heterocycles. The van der Waals surface area contributed by atoms with Gasteiger partial charge in [-0.2, -0.15) is 0 Å². The maximum absolute atomic E-state index is 12.0. The van der Waals surface area contributed by atoms with Gasteiger partial charge in [-0.15, -0.1) is 13.2 Å². The lowest BCUT2D eigenvalue weighted by molar-refractivity contribution is -0.385. The van der Waals surface area contributed by atoms with E-state index in [2.05, 4.69) is 4.74 Å². The van der Waals surface area contributed by atoms with Crippen molar-refractivity contribution in [2.75, 3.05) is 0 Å². The highest BCUT2D eigenvalue weighted by molar-refractivity contribution is 6.68. The summed E-state index contributed by atoms with van der Waals surface area (Å²) in [5.41, 5.74) is -1.25. The zero-order chi connectivity index (χ0) is 13.2. The highest BCUT2D eigenvalue weighted by Crippen LogP contribution is 2.30. The van der Waals surface area contributed by atoms with E-state index in [4.69, 9.17) is 11.6 Å². The molecule has 0 amide bonds. The van der Waals surface area contributed by atoms with Crippen LogP contribution in [0.5, 0.6) is 5.75 Å². The van der Waals surface area contributed by atoms with E-state index in [1.165, 1.54) is 0 Å². The number of hydrogen-bond acceptors (Lipinski definition) is 4. The van der Waals surface area contributed by atoms with Crippen LogP contribution in [0.3, 0.4) is 0 Å². The molecule has 0 spiro atoms. The van der Waals surface area contributed by atoms with E-state index >= 15 is 0 Å². The molecular formula is C8H3ClF3NO4. The van der Waals surface area contributed by atoms with Crippen molar-refractivity contribution < 1.29 is 27.6 Å². The number of nitro benzene ring substituents is 1. The number of benzene rings is 1. The third-order valence-corrected chi connectivity index (χ3v) is 1.82. The number of halogens is 4. The third kappa shape index (κ3) is 3.59. The predicted octanol–water partition coefficient (Wildman–Crippen LogP) is 2.87. The zero-order valence-corrected chi connectivity index (χ0v) is 8.58. The van der Waals surface area contributed by atoms with Crippen molar-refractivity contribution in [3.63, 3.8) is 0 Å². The van der Waals surface area contributed by atoms with Crippen LogP contribution in [0.4, 0.5) is 18.9 Å². The number of carbonyl (C=O) groups excluding carboxylic acids is 1. The van der Waals surface area contributed by atoms with Gasteiger partial charge in [0, 0.05) is 6.07 Å². The highest BCUT2D eigenvalue weighted by atomic mass is 35.5. The zero-order valence-electron chi connectivity index (χ0n) is 7.82. The number of nitro groups is 1. The molecule has 0 fully saturated rings. The van der Waals surface area contributed by atoms with Crippen molar-refractivity contribution in [2.45, 2.75) is 6.36 Å². The van der Waals surface area contributed by atoms with Crippen molar-refractivity contribution in [3.05, 3.63) is 33.9 Å². The van der Waals surface area contributed by atoms with Crippen LogP contribution in [0.2, 0.25) is 0 Å². The van der Waals surface area contributed by atoms with Crippen molar-refractivity contribution in [3.8, 4) is 5.75 Å². The molecule has 0 bridgehead atoms. The SMILES string of the molecule is O=C(Cl)c1ccc([N+](=O)[O-])cc1OC(F)(F)F. The highest BCUT2D eigenvalue weighted by Gasteiger charge is 2.33. The molecule has 5 nitrogen and oxygen atoms in total. The number of rotatable bonds is 3. The Balaban J connectivity index is 3.25. The summed E-state index contributed by atoms with van der Waals surface area (Å²) in [5, 5.41) is 9.14. The van der Waals surface area contributed by atoms with Crippen molar-refractivity contribution in [1.82, 2.24) is 0 Å². The van der Waals surface area contributed by atoms with Crippen LogP contribution in [0.25, 0.3) is 0 Å². The standard InChI is InChI=1S/C8H3ClF3NO4/c9-7(14)5-2-1-4(13(15)16)3-6(5)17-8(10,11)12/h1-3H. The minimum atomic E-state index is -5.07. The van der Waals surface area contributed by atoms with Gasteiger partial charge in [-0.05, 0) is 17.7 Å². The summed E-state index contributed by atoms with van der Waals surface area (Å²) in [6, 6.07) is 2.11. The van der Waals surface area contributed by atoms with Crippen molar-refractivity contribution >= 4 is 22.5 Å². The molecule has 0 aliphatic heterocycles. The first kappa shape index (κ1) is 13.2. The van der Waals surface area contributed by atoms with Crippen LogP contribution in [0.1, 0.15) is 10.4 Å². The molecule has 1 aromatic rings. The minimum absolute atomic E-state index is 0.475. The number of ether oxygens (including phenoxy) is 1. The fourth-order valence-corrected chi connectivity index (χ4v) is 1.15. The largest absolute Gasteiger partial charge is 0.573 e. The summed E-state index contributed by atoms with van der Waals surface area (Å²) >= 11 is 5.01. The Morgan fingerprint density at radius 3 is 2.41 bits per heavy atom. The summed E-state index contributed by atoms with van der Waals surface area (Å²) in [7, 11) is 0. The quantitative estimate of drug-likeness (QED) is 0.480. The van der Waals surface area contributed by atoms with Crippen molar-refractivity contribution in [2.24, 2.45) is 0 Å². The van der Waals surface area contributed by atoms with E-state index < -0.39 is 33.5 Å². The van der Waals surface area contributed by atoms with Gasteiger partial charge in [0.25, 0.3) is 10.9 Å². The predicted molar refractivity (Wildman–Crippen MR) is 50.0 cm³/mol. The summed E-state index contributed by atoms with van der Waals surface area (Å²) < 4.78 is 39.4. The fourth-order valence-electron chi connectivity index (χ4n) is 0.996. The topological polar surface area (TPSA) is 69.4 Å².